The van der Waals surface area contributed by atoms with Gasteiger partial charge in [-0.3, -0.25) is 9.59 Å². The number of hydrogen-bond acceptors (Lipinski definition) is 3. The maximum atomic E-state index is 13.4. The molecule has 2 aliphatic heterocycles. The maximum Gasteiger partial charge on any atom is 0.225 e. The van der Waals surface area contributed by atoms with Crippen LogP contribution in [0.1, 0.15) is 55.6 Å². The number of carbonyl (C=O) groups is 2. The van der Waals surface area contributed by atoms with Gasteiger partial charge in [0.05, 0.1) is 6.33 Å². The van der Waals surface area contributed by atoms with Crippen molar-refractivity contribution in [2.45, 2.75) is 64.0 Å². The summed E-state index contributed by atoms with van der Waals surface area (Å²) >= 11 is 0. The molecule has 3 heterocycles. The van der Waals surface area contributed by atoms with Crippen LogP contribution in [0.3, 0.4) is 0 Å². The van der Waals surface area contributed by atoms with E-state index in [0.29, 0.717) is 30.7 Å². The summed E-state index contributed by atoms with van der Waals surface area (Å²) in [5.74, 6) is 1.40. The number of imidazole rings is 1. The quantitative estimate of drug-likeness (QED) is 0.722. The van der Waals surface area contributed by atoms with E-state index in [9.17, 15) is 9.59 Å². The predicted octanol–water partition coefficient (Wildman–Crippen LogP) is 3.61. The van der Waals surface area contributed by atoms with Crippen LogP contribution in [0.25, 0.3) is 0 Å². The molecule has 2 saturated heterocycles. The number of hydrogen-bond donors (Lipinski definition) is 0. The lowest BCUT2D eigenvalue weighted by Crippen LogP contribution is -2.50. The Labute approximate surface area is 190 Å². The predicted molar refractivity (Wildman–Crippen MR) is 123 cm³/mol. The molecular weight excluding hydrogens is 400 g/mol. The minimum Gasteiger partial charge on any atom is -0.342 e. The van der Waals surface area contributed by atoms with Crippen molar-refractivity contribution in [3.63, 3.8) is 0 Å². The summed E-state index contributed by atoms with van der Waals surface area (Å²) in [5.41, 5.74) is 2.57. The Balaban J connectivity index is 1.34. The number of piperidine rings is 1. The fourth-order valence-electron chi connectivity index (χ4n) is 6.18. The van der Waals surface area contributed by atoms with Gasteiger partial charge in [0.25, 0.3) is 0 Å². The van der Waals surface area contributed by atoms with Crippen LogP contribution in [-0.2, 0) is 16.1 Å². The maximum absolute atomic E-state index is 13.4. The fourth-order valence-corrected chi connectivity index (χ4v) is 6.18. The third-order valence-electron chi connectivity index (χ3n) is 7.88. The normalized spacial score (nSPS) is 25.8. The van der Waals surface area contributed by atoms with Crippen molar-refractivity contribution in [3.8, 4) is 0 Å². The molecule has 0 radical (unpaired) electrons. The highest BCUT2D eigenvalue weighted by molar-refractivity contribution is 5.80. The van der Waals surface area contributed by atoms with Crippen LogP contribution in [0, 0.1) is 18.8 Å². The molecule has 3 atom stereocenters. The van der Waals surface area contributed by atoms with Crippen molar-refractivity contribution >= 4 is 11.8 Å². The van der Waals surface area contributed by atoms with E-state index in [-0.39, 0.29) is 17.9 Å². The molecule has 5 rings (SSSR count). The highest BCUT2D eigenvalue weighted by Gasteiger charge is 2.48. The highest BCUT2D eigenvalue weighted by atomic mass is 16.2. The van der Waals surface area contributed by atoms with E-state index in [1.807, 2.05) is 15.7 Å². The lowest BCUT2D eigenvalue weighted by Gasteiger charge is -2.39. The molecule has 3 aliphatic rings. The first-order chi connectivity index (χ1) is 15.6. The van der Waals surface area contributed by atoms with Crippen molar-refractivity contribution in [3.05, 3.63) is 54.1 Å². The number of aryl methyl sites for hydroxylation is 2. The Morgan fingerprint density at radius 1 is 1.12 bits per heavy atom. The molecule has 1 saturated carbocycles. The summed E-state index contributed by atoms with van der Waals surface area (Å²) < 4.78 is 1.96. The number of benzene rings is 1. The third kappa shape index (κ3) is 4.19. The summed E-state index contributed by atoms with van der Waals surface area (Å²) in [4.78, 5) is 34.8. The minimum absolute atomic E-state index is 0.209. The van der Waals surface area contributed by atoms with Crippen molar-refractivity contribution < 1.29 is 9.59 Å². The zero-order valence-electron chi connectivity index (χ0n) is 19.0. The minimum atomic E-state index is 0.209. The van der Waals surface area contributed by atoms with Crippen LogP contribution < -0.4 is 0 Å². The lowest BCUT2D eigenvalue weighted by atomic mass is 9.81. The topological polar surface area (TPSA) is 58.4 Å². The van der Waals surface area contributed by atoms with Crippen LogP contribution in [0.15, 0.2) is 43.0 Å². The van der Waals surface area contributed by atoms with Crippen LogP contribution >= 0.6 is 0 Å². The van der Waals surface area contributed by atoms with Gasteiger partial charge in [0.1, 0.15) is 0 Å². The van der Waals surface area contributed by atoms with E-state index in [2.05, 4.69) is 41.1 Å². The van der Waals surface area contributed by atoms with Gasteiger partial charge in [0, 0.05) is 68.8 Å². The van der Waals surface area contributed by atoms with Gasteiger partial charge in [-0.2, -0.15) is 0 Å². The zero-order valence-corrected chi connectivity index (χ0v) is 19.0. The second-order valence-corrected chi connectivity index (χ2v) is 9.90. The summed E-state index contributed by atoms with van der Waals surface area (Å²) in [6, 6.07) is 8.98. The van der Waals surface area contributed by atoms with Gasteiger partial charge in [-0.1, -0.05) is 42.7 Å². The molecule has 0 spiro atoms. The molecule has 170 valence electrons. The summed E-state index contributed by atoms with van der Waals surface area (Å²) in [6.07, 6.45) is 11.2. The van der Waals surface area contributed by atoms with E-state index in [1.54, 1.807) is 12.5 Å². The average molecular weight is 435 g/mol. The SMILES string of the molecule is Cc1cccc([C@H]2CN(C(=O)C3CCCC3)[C@@H]3CCN(C(=O)CCn4ccnc4)C[C@H]23)c1. The van der Waals surface area contributed by atoms with Crippen LogP contribution in [-0.4, -0.2) is 56.8 Å². The largest absolute Gasteiger partial charge is 0.342 e. The summed E-state index contributed by atoms with van der Waals surface area (Å²) in [5, 5.41) is 0. The molecule has 1 aromatic heterocycles. The number of fused-ring (bicyclic) bond motifs is 1. The number of nitrogens with zero attached hydrogens (tertiary/aromatic N) is 4. The molecule has 2 amide bonds. The molecule has 32 heavy (non-hydrogen) atoms. The molecule has 1 aliphatic carbocycles. The Hall–Kier alpha value is -2.63. The first kappa shape index (κ1) is 21.2. The van der Waals surface area contributed by atoms with Crippen LogP contribution in [0.5, 0.6) is 0 Å². The van der Waals surface area contributed by atoms with Crippen molar-refractivity contribution in [1.82, 2.24) is 19.4 Å². The Bertz CT molecular complexity index is 950. The molecule has 3 fully saturated rings. The molecule has 2 aromatic rings. The number of likely N-dealkylation sites (tertiary alicyclic amines) is 2. The fraction of sp³-hybridized carbons (Fsp3) is 0.577. The lowest BCUT2D eigenvalue weighted by molar-refractivity contribution is -0.138. The van der Waals surface area contributed by atoms with Gasteiger partial charge < -0.3 is 14.4 Å². The summed E-state index contributed by atoms with van der Waals surface area (Å²) in [7, 11) is 0. The number of rotatable bonds is 5. The third-order valence-corrected chi connectivity index (χ3v) is 7.88. The standard InChI is InChI=1S/C26H34N4O2/c1-19-5-4-8-21(15-19)22-17-30(26(32)20-6-2-3-7-20)24-9-13-29(16-23(22)24)25(31)10-12-28-14-11-27-18-28/h4-5,8,11,14-15,18,20,22-24H,2-3,6-7,9-10,12-13,16-17H2,1H3/t22-,23-,24-/m1/s1. The molecular formula is C26H34N4O2. The molecule has 1 aromatic carbocycles. The van der Waals surface area contributed by atoms with Crippen molar-refractivity contribution in [2.24, 2.45) is 11.8 Å². The van der Waals surface area contributed by atoms with Gasteiger partial charge in [-0.25, -0.2) is 4.98 Å². The van der Waals surface area contributed by atoms with Gasteiger partial charge in [0.15, 0.2) is 0 Å². The smallest absolute Gasteiger partial charge is 0.225 e. The number of amides is 2. The second kappa shape index (κ2) is 9.08. The molecule has 0 bridgehead atoms. The van der Waals surface area contributed by atoms with Crippen molar-refractivity contribution in [1.29, 1.82) is 0 Å². The Morgan fingerprint density at radius 3 is 2.72 bits per heavy atom. The van der Waals surface area contributed by atoms with E-state index in [0.717, 1.165) is 38.9 Å². The number of aromatic nitrogens is 2. The van der Waals surface area contributed by atoms with Gasteiger partial charge in [-0.15, -0.1) is 0 Å². The Morgan fingerprint density at radius 2 is 1.97 bits per heavy atom. The van der Waals surface area contributed by atoms with Gasteiger partial charge in [0.2, 0.25) is 11.8 Å². The molecule has 0 N–H and O–H groups in total. The average Bonchev–Trinajstić information content (AvgIpc) is 3.58. The van der Waals surface area contributed by atoms with E-state index in [4.69, 9.17) is 0 Å². The van der Waals surface area contributed by atoms with E-state index < -0.39 is 0 Å². The first-order valence-corrected chi connectivity index (χ1v) is 12.2. The number of carbonyl (C=O) groups excluding carboxylic acids is 2. The monoisotopic (exact) mass is 434 g/mol. The first-order valence-electron chi connectivity index (χ1n) is 12.2. The molecule has 0 unspecified atom stereocenters. The highest BCUT2D eigenvalue weighted by Crippen LogP contribution is 2.43. The molecule has 6 heteroatoms. The van der Waals surface area contributed by atoms with Gasteiger partial charge in [-0.05, 0) is 31.7 Å². The van der Waals surface area contributed by atoms with E-state index >= 15 is 0 Å². The second-order valence-electron chi connectivity index (χ2n) is 9.90. The Kier molecular flexibility index (Phi) is 6.03. The molecule has 6 nitrogen and oxygen atoms in total. The van der Waals surface area contributed by atoms with Crippen LogP contribution in [0.4, 0.5) is 0 Å². The summed E-state index contributed by atoms with van der Waals surface area (Å²) in [6.45, 7) is 5.09. The van der Waals surface area contributed by atoms with Crippen molar-refractivity contribution in [2.75, 3.05) is 19.6 Å². The van der Waals surface area contributed by atoms with Crippen LogP contribution in [0.2, 0.25) is 0 Å². The zero-order chi connectivity index (χ0) is 22.1. The van der Waals surface area contributed by atoms with Gasteiger partial charge >= 0.3 is 0 Å². The van der Waals surface area contributed by atoms with E-state index in [1.165, 1.54) is 24.0 Å².